The van der Waals surface area contributed by atoms with Gasteiger partial charge in [-0.3, -0.25) is 0 Å². The van der Waals surface area contributed by atoms with Gasteiger partial charge in [0.2, 0.25) is 0 Å². The largest absolute Gasteiger partial charge is 0.207 e. The molecule has 0 unspecified atom stereocenters. The molecule has 0 fully saturated rings. The molecule has 0 aliphatic heterocycles. The number of hydrogen-bond donors (Lipinski definition) is 0. The Labute approximate surface area is 110 Å². The predicted molar refractivity (Wildman–Crippen MR) is 77.2 cm³/mol. The van der Waals surface area contributed by atoms with Crippen LogP contribution in [0.15, 0.2) is 12.1 Å². The fraction of sp³-hybridized carbons (Fsp3) is 0.467. The summed E-state index contributed by atoms with van der Waals surface area (Å²) in [4.78, 5) is 0. The third-order valence-electron chi connectivity index (χ3n) is 2.42. The smallest absolute Gasteiger partial charge is 0.130 e. The molecule has 0 spiro atoms. The lowest BCUT2D eigenvalue weighted by atomic mass is 10.0. The highest BCUT2D eigenvalue weighted by Gasteiger charge is 2.10. The summed E-state index contributed by atoms with van der Waals surface area (Å²) in [5, 5.41) is 3.06. The topological polar surface area (TPSA) is 0 Å². The summed E-state index contributed by atoms with van der Waals surface area (Å²) in [6.45, 7) is 2.00. The standard InChI is InChI=1S/C15H20F2S/c1-5-6-7-13-14(16)10-12(11-15(13)17)8-9-18(2,3)4/h10-11H,5-7H2,1-4H3. The van der Waals surface area contributed by atoms with Crippen LogP contribution in [-0.4, -0.2) is 18.8 Å². The van der Waals surface area contributed by atoms with E-state index in [4.69, 9.17) is 0 Å². The summed E-state index contributed by atoms with van der Waals surface area (Å²) in [7, 11) is -0.978. The molecule has 0 bridgehead atoms. The molecule has 0 aliphatic carbocycles. The average molecular weight is 270 g/mol. The Morgan fingerprint density at radius 2 is 1.67 bits per heavy atom. The van der Waals surface area contributed by atoms with E-state index in [-0.39, 0.29) is 5.56 Å². The molecule has 0 amide bonds. The van der Waals surface area contributed by atoms with Crippen molar-refractivity contribution in [2.45, 2.75) is 26.2 Å². The Hall–Kier alpha value is -1.01. The van der Waals surface area contributed by atoms with Crippen molar-refractivity contribution in [2.75, 3.05) is 18.8 Å². The quantitative estimate of drug-likeness (QED) is 0.718. The highest BCUT2D eigenvalue weighted by Crippen LogP contribution is 2.32. The Balaban J connectivity index is 3.02. The summed E-state index contributed by atoms with van der Waals surface area (Å²) in [6, 6.07) is 2.68. The lowest BCUT2D eigenvalue weighted by Crippen LogP contribution is -1.97. The molecule has 1 rings (SSSR count). The van der Waals surface area contributed by atoms with Gasteiger partial charge in [0.05, 0.1) is 0 Å². The minimum atomic E-state index is -0.978. The van der Waals surface area contributed by atoms with E-state index in [2.05, 4.69) is 11.2 Å². The van der Waals surface area contributed by atoms with Gasteiger partial charge in [-0.25, -0.2) is 8.78 Å². The Bertz CT molecular complexity index is 452. The van der Waals surface area contributed by atoms with Crippen LogP contribution in [0.4, 0.5) is 8.78 Å². The van der Waals surface area contributed by atoms with Crippen molar-refractivity contribution in [2.24, 2.45) is 0 Å². The number of rotatable bonds is 3. The normalized spacial score (nSPS) is 11.9. The van der Waals surface area contributed by atoms with Gasteiger partial charge in [0.1, 0.15) is 11.6 Å². The summed E-state index contributed by atoms with van der Waals surface area (Å²) in [6.07, 6.45) is 8.30. The molecule has 1 aromatic carbocycles. The van der Waals surface area contributed by atoms with E-state index in [1.165, 1.54) is 12.1 Å². The van der Waals surface area contributed by atoms with Gasteiger partial charge in [-0.2, -0.15) is 10.0 Å². The lowest BCUT2D eigenvalue weighted by Gasteiger charge is -2.14. The fourth-order valence-electron chi connectivity index (χ4n) is 1.48. The fourth-order valence-corrected chi connectivity index (χ4v) is 1.90. The van der Waals surface area contributed by atoms with Crippen LogP contribution in [0.3, 0.4) is 0 Å². The monoisotopic (exact) mass is 270 g/mol. The molecule has 0 nitrogen and oxygen atoms in total. The van der Waals surface area contributed by atoms with Gasteiger partial charge in [0.25, 0.3) is 0 Å². The van der Waals surface area contributed by atoms with Crippen LogP contribution in [0.25, 0.3) is 0 Å². The molecule has 100 valence electrons. The van der Waals surface area contributed by atoms with Crippen LogP contribution < -0.4 is 0 Å². The molecule has 0 radical (unpaired) electrons. The zero-order valence-electron chi connectivity index (χ0n) is 11.4. The van der Waals surface area contributed by atoms with Crippen molar-refractivity contribution in [1.29, 1.82) is 0 Å². The van der Waals surface area contributed by atoms with E-state index in [1.807, 2.05) is 25.7 Å². The van der Waals surface area contributed by atoms with Crippen LogP contribution >= 0.6 is 10.0 Å². The van der Waals surface area contributed by atoms with E-state index in [0.717, 1.165) is 12.8 Å². The van der Waals surface area contributed by atoms with Gasteiger partial charge in [-0.15, -0.1) is 0 Å². The molecule has 0 N–H and O–H groups in total. The van der Waals surface area contributed by atoms with Gasteiger partial charge in [-0.1, -0.05) is 19.3 Å². The van der Waals surface area contributed by atoms with E-state index in [0.29, 0.717) is 12.0 Å². The van der Waals surface area contributed by atoms with Gasteiger partial charge in [-0.05, 0) is 49.0 Å². The van der Waals surface area contributed by atoms with Gasteiger partial charge in [0.15, 0.2) is 0 Å². The molecule has 0 atom stereocenters. The Kier molecular flexibility index (Phi) is 5.22. The highest BCUT2D eigenvalue weighted by molar-refractivity contribution is 8.35. The van der Waals surface area contributed by atoms with E-state index < -0.39 is 21.7 Å². The van der Waals surface area contributed by atoms with Crippen molar-refractivity contribution >= 4 is 10.0 Å². The zero-order chi connectivity index (χ0) is 13.8. The minimum Gasteiger partial charge on any atom is -0.207 e. The first kappa shape index (κ1) is 15.0. The molecular formula is C15H20F2S. The first-order chi connectivity index (χ1) is 8.33. The van der Waals surface area contributed by atoms with E-state index in [1.54, 1.807) is 0 Å². The summed E-state index contributed by atoms with van der Waals surface area (Å²) in [5.74, 6) is 1.91. The van der Waals surface area contributed by atoms with Crippen LogP contribution in [0.5, 0.6) is 0 Å². The third-order valence-corrected chi connectivity index (χ3v) is 3.14. The van der Waals surface area contributed by atoms with Gasteiger partial charge >= 0.3 is 0 Å². The number of hydrogen-bond acceptors (Lipinski definition) is 0. The summed E-state index contributed by atoms with van der Waals surface area (Å²) < 4.78 is 27.5. The molecular weight excluding hydrogens is 250 g/mol. The average Bonchev–Trinajstić information content (AvgIpc) is 2.24. The summed E-state index contributed by atoms with van der Waals surface area (Å²) >= 11 is 0. The van der Waals surface area contributed by atoms with E-state index >= 15 is 0 Å². The van der Waals surface area contributed by atoms with Crippen molar-refractivity contribution in [3.8, 4) is 11.2 Å². The lowest BCUT2D eigenvalue weighted by molar-refractivity contribution is 0.548. The van der Waals surface area contributed by atoms with Gasteiger partial charge < -0.3 is 0 Å². The summed E-state index contributed by atoms with van der Waals surface area (Å²) in [5.41, 5.74) is 0.609. The minimum absolute atomic E-state index is 0.186. The van der Waals surface area contributed by atoms with Crippen molar-refractivity contribution < 1.29 is 8.78 Å². The van der Waals surface area contributed by atoms with Crippen LogP contribution in [-0.2, 0) is 6.42 Å². The first-order valence-corrected chi connectivity index (χ1v) is 8.88. The van der Waals surface area contributed by atoms with Crippen LogP contribution in [0.2, 0.25) is 0 Å². The second-order valence-electron chi connectivity index (χ2n) is 5.09. The molecule has 18 heavy (non-hydrogen) atoms. The maximum Gasteiger partial charge on any atom is 0.130 e. The molecule has 0 aromatic heterocycles. The Morgan fingerprint density at radius 1 is 1.11 bits per heavy atom. The SMILES string of the molecule is CCCCc1c(F)cc(C#CS(C)(C)C)cc1F. The highest BCUT2D eigenvalue weighted by atomic mass is 32.3. The maximum atomic E-state index is 13.8. The molecule has 0 aliphatic rings. The Morgan fingerprint density at radius 3 is 2.11 bits per heavy atom. The van der Waals surface area contributed by atoms with Crippen molar-refractivity contribution in [1.82, 2.24) is 0 Å². The zero-order valence-corrected chi connectivity index (χ0v) is 12.3. The number of unbranched alkanes of at least 4 members (excludes halogenated alkanes) is 1. The molecule has 0 saturated carbocycles. The van der Waals surface area contributed by atoms with Crippen molar-refractivity contribution in [3.63, 3.8) is 0 Å². The first-order valence-electron chi connectivity index (χ1n) is 6.02. The third kappa shape index (κ3) is 4.70. The predicted octanol–water partition coefficient (Wildman–Crippen LogP) is 4.31. The van der Waals surface area contributed by atoms with Crippen LogP contribution in [0.1, 0.15) is 30.9 Å². The second-order valence-corrected chi connectivity index (χ2v) is 8.96. The van der Waals surface area contributed by atoms with Crippen LogP contribution in [0, 0.1) is 22.8 Å². The molecule has 1 aromatic rings. The molecule has 0 heterocycles. The van der Waals surface area contributed by atoms with Gasteiger partial charge in [0, 0.05) is 11.1 Å². The second kappa shape index (κ2) is 6.24. The number of benzene rings is 1. The van der Waals surface area contributed by atoms with Crippen molar-refractivity contribution in [3.05, 3.63) is 34.9 Å². The molecule has 3 heteroatoms. The number of halogens is 2. The van der Waals surface area contributed by atoms with E-state index in [9.17, 15) is 8.78 Å². The molecule has 0 saturated heterocycles. The maximum absolute atomic E-state index is 13.8.